The van der Waals surface area contributed by atoms with E-state index in [2.05, 4.69) is 48.3 Å². The molecule has 1 N–H and O–H groups in total. The topological polar surface area (TPSA) is 46.1 Å². The molecule has 0 atom stereocenters. The zero-order valence-corrected chi connectivity index (χ0v) is 17.6. The average Bonchev–Trinajstić information content (AvgIpc) is 2.77. The number of likely N-dealkylation sites (tertiary alicyclic amines) is 1. The van der Waals surface area contributed by atoms with Crippen LogP contribution in [0.25, 0.3) is 0 Å². The van der Waals surface area contributed by atoms with Gasteiger partial charge in [0, 0.05) is 26.2 Å². The van der Waals surface area contributed by atoms with E-state index in [1.165, 1.54) is 11.1 Å². The molecule has 0 aliphatic carbocycles. The third-order valence-corrected chi connectivity index (χ3v) is 5.06. The fraction of sp³-hybridized carbons (Fsp3) is 0.458. The molecule has 5 heteroatoms. The summed E-state index contributed by atoms with van der Waals surface area (Å²) in [5.74, 6) is 1.87. The molecule has 0 spiro atoms. The Hall–Kier alpha value is -2.53. The molecule has 29 heavy (non-hydrogen) atoms. The molecule has 2 aromatic carbocycles. The number of nitrogens with one attached hydrogen (secondary N) is 1. The Kier molecular flexibility index (Phi) is 8.38. The summed E-state index contributed by atoms with van der Waals surface area (Å²) in [6.45, 7) is 9.07. The van der Waals surface area contributed by atoms with E-state index in [-0.39, 0.29) is 0 Å². The van der Waals surface area contributed by atoms with Crippen LogP contribution in [0.15, 0.2) is 59.6 Å². The van der Waals surface area contributed by atoms with Gasteiger partial charge in [0.2, 0.25) is 0 Å². The molecule has 0 bridgehead atoms. The molecule has 0 aromatic heterocycles. The van der Waals surface area contributed by atoms with Crippen LogP contribution in [0.1, 0.15) is 37.8 Å². The predicted molar refractivity (Wildman–Crippen MR) is 118 cm³/mol. The number of hydrogen-bond acceptors (Lipinski definition) is 3. The van der Waals surface area contributed by atoms with Crippen LogP contribution in [0.3, 0.4) is 0 Å². The zero-order chi connectivity index (χ0) is 20.3. The Morgan fingerprint density at radius 2 is 1.72 bits per heavy atom. The van der Waals surface area contributed by atoms with E-state index in [0.717, 1.165) is 50.8 Å². The van der Waals surface area contributed by atoms with Crippen molar-refractivity contribution in [1.82, 2.24) is 10.2 Å². The highest BCUT2D eigenvalue weighted by Crippen LogP contribution is 2.16. The molecule has 0 saturated carbocycles. The van der Waals surface area contributed by atoms with Crippen molar-refractivity contribution in [1.29, 1.82) is 0 Å². The first-order valence-corrected chi connectivity index (χ1v) is 10.7. The van der Waals surface area contributed by atoms with Crippen LogP contribution >= 0.6 is 0 Å². The van der Waals surface area contributed by atoms with Crippen LogP contribution in [0.2, 0.25) is 0 Å². The van der Waals surface area contributed by atoms with Crippen molar-refractivity contribution in [2.45, 2.75) is 45.9 Å². The molecule has 0 radical (unpaired) electrons. The number of guanidine groups is 1. The van der Waals surface area contributed by atoms with E-state index in [9.17, 15) is 0 Å². The molecule has 2 aromatic rings. The van der Waals surface area contributed by atoms with Crippen LogP contribution in [0.5, 0.6) is 5.75 Å². The maximum Gasteiger partial charge on any atom is 0.194 e. The van der Waals surface area contributed by atoms with E-state index >= 15 is 0 Å². The van der Waals surface area contributed by atoms with Gasteiger partial charge in [0.15, 0.2) is 5.96 Å². The number of hydrogen-bond donors (Lipinski definition) is 1. The molecule has 5 nitrogen and oxygen atoms in total. The molecule has 3 rings (SSSR count). The van der Waals surface area contributed by atoms with Gasteiger partial charge in [-0.05, 0) is 49.9 Å². The lowest BCUT2D eigenvalue weighted by Crippen LogP contribution is -2.47. The average molecular weight is 396 g/mol. The van der Waals surface area contributed by atoms with Crippen LogP contribution in [0.4, 0.5) is 0 Å². The summed E-state index contributed by atoms with van der Waals surface area (Å²) in [5, 5.41) is 3.43. The fourth-order valence-corrected chi connectivity index (χ4v) is 3.49. The third-order valence-electron chi connectivity index (χ3n) is 5.06. The van der Waals surface area contributed by atoms with Crippen molar-refractivity contribution >= 4 is 5.96 Å². The Bertz CT molecular complexity index is 738. The molecule has 0 amide bonds. The van der Waals surface area contributed by atoms with Gasteiger partial charge in [0.1, 0.15) is 12.4 Å². The van der Waals surface area contributed by atoms with Crippen LogP contribution in [0, 0.1) is 0 Å². The lowest BCUT2D eigenvalue weighted by Gasteiger charge is -2.34. The molecule has 1 aliphatic rings. The van der Waals surface area contributed by atoms with Crippen molar-refractivity contribution in [2.24, 2.45) is 4.99 Å². The molecular formula is C24H33N3O2. The first-order chi connectivity index (χ1) is 14.3. The van der Waals surface area contributed by atoms with Gasteiger partial charge in [0.05, 0.1) is 12.6 Å². The second-order valence-electron chi connectivity index (χ2n) is 7.23. The van der Waals surface area contributed by atoms with Gasteiger partial charge in [-0.2, -0.15) is 0 Å². The summed E-state index contributed by atoms with van der Waals surface area (Å²) in [6, 6.07) is 18.4. The summed E-state index contributed by atoms with van der Waals surface area (Å²) in [6.07, 6.45) is 2.51. The van der Waals surface area contributed by atoms with E-state index in [1.54, 1.807) is 0 Å². The lowest BCUT2D eigenvalue weighted by molar-refractivity contribution is 0.0263. The first kappa shape index (κ1) is 21.2. The molecule has 0 unspecified atom stereocenters. The van der Waals surface area contributed by atoms with E-state index in [4.69, 9.17) is 14.5 Å². The Morgan fingerprint density at radius 3 is 2.38 bits per heavy atom. The minimum atomic E-state index is 0.391. The second-order valence-corrected chi connectivity index (χ2v) is 7.23. The van der Waals surface area contributed by atoms with Gasteiger partial charge in [-0.1, -0.05) is 42.5 Å². The van der Waals surface area contributed by atoms with Gasteiger partial charge in [-0.3, -0.25) is 0 Å². The van der Waals surface area contributed by atoms with E-state index < -0.39 is 0 Å². The summed E-state index contributed by atoms with van der Waals surface area (Å²) < 4.78 is 11.6. The highest BCUT2D eigenvalue weighted by atomic mass is 16.5. The largest absolute Gasteiger partial charge is 0.489 e. The quantitative estimate of drug-likeness (QED) is 0.537. The van der Waals surface area contributed by atoms with Gasteiger partial charge in [-0.15, -0.1) is 0 Å². The minimum Gasteiger partial charge on any atom is -0.489 e. The van der Waals surface area contributed by atoms with Crippen molar-refractivity contribution in [3.05, 3.63) is 65.7 Å². The Morgan fingerprint density at radius 1 is 1.00 bits per heavy atom. The molecule has 1 saturated heterocycles. The van der Waals surface area contributed by atoms with Crippen LogP contribution in [-0.4, -0.2) is 43.2 Å². The standard InChI is InChI=1S/C24H33N3O2/c1-3-25-24(27-16-14-23(15-17-27)28-4-2)26-18-20-10-12-22(13-11-20)29-19-21-8-6-5-7-9-21/h5-13,23H,3-4,14-19H2,1-2H3,(H,25,26). The van der Waals surface area contributed by atoms with Gasteiger partial charge >= 0.3 is 0 Å². The van der Waals surface area contributed by atoms with E-state index in [0.29, 0.717) is 19.3 Å². The van der Waals surface area contributed by atoms with Crippen molar-refractivity contribution in [2.75, 3.05) is 26.2 Å². The second kappa shape index (κ2) is 11.5. The monoisotopic (exact) mass is 395 g/mol. The zero-order valence-electron chi connectivity index (χ0n) is 17.6. The smallest absolute Gasteiger partial charge is 0.194 e. The first-order valence-electron chi connectivity index (χ1n) is 10.7. The molecule has 1 aliphatic heterocycles. The van der Waals surface area contributed by atoms with Gasteiger partial charge < -0.3 is 19.7 Å². The number of ether oxygens (including phenoxy) is 2. The maximum atomic E-state index is 5.87. The molecule has 1 heterocycles. The number of rotatable bonds is 8. The summed E-state index contributed by atoms with van der Waals surface area (Å²) in [5.41, 5.74) is 2.35. The highest BCUT2D eigenvalue weighted by molar-refractivity contribution is 5.80. The summed E-state index contributed by atoms with van der Waals surface area (Å²) in [4.78, 5) is 7.20. The van der Waals surface area contributed by atoms with Gasteiger partial charge in [-0.25, -0.2) is 4.99 Å². The number of nitrogens with zero attached hydrogens (tertiary/aromatic N) is 2. The van der Waals surface area contributed by atoms with Crippen LogP contribution in [-0.2, 0) is 17.9 Å². The third kappa shape index (κ3) is 6.79. The fourth-order valence-electron chi connectivity index (χ4n) is 3.49. The van der Waals surface area contributed by atoms with E-state index in [1.807, 2.05) is 30.3 Å². The molecular weight excluding hydrogens is 362 g/mol. The van der Waals surface area contributed by atoms with Crippen molar-refractivity contribution in [3.63, 3.8) is 0 Å². The number of piperidine rings is 1. The Balaban J connectivity index is 1.52. The number of aliphatic imine (C=N–C) groups is 1. The molecule has 156 valence electrons. The Labute approximate surface area is 174 Å². The normalized spacial score (nSPS) is 15.4. The van der Waals surface area contributed by atoms with Crippen LogP contribution < -0.4 is 10.1 Å². The lowest BCUT2D eigenvalue weighted by atomic mass is 10.1. The predicted octanol–water partition coefficient (Wildman–Crippen LogP) is 4.23. The highest BCUT2D eigenvalue weighted by Gasteiger charge is 2.21. The number of benzene rings is 2. The summed E-state index contributed by atoms with van der Waals surface area (Å²) >= 11 is 0. The SMILES string of the molecule is CCNC(=NCc1ccc(OCc2ccccc2)cc1)N1CCC(OCC)CC1. The van der Waals surface area contributed by atoms with Gasteiger partial charge in [0.25, 0.3) is 0 Å². The molecule has 1 fully saturated rings. The maximum absolute atomic E-state index is 5.87. The van der Waals surface area contributed by atoms with Crippen molar-refractivity contribution in [3.8, 4) is 5.75 Å². The van der Waals surface area contributed by atoms with Crippen molar-refractivity contribution < 1.29 is 9.47 Å². The summed E-state index contributed by atoms with van der Waals surface area (Å²) in [7, 11) is 0. The minimum absolute atomic E-state index is 0.391.